The van der Waals surface area contributed by atoms with Gasteiger partial charge in [-0.2, -0.15) is 5.10 Å². The van der Waals surface area contributed by atoms with Crippen molar-refractivity contribution in [2.75, 3.05) is 12.3 Å². The van der Waals surface area contributed by atoms with Crippen molar-refractivity contribution in [1.29, 1.82) is 0 Å². The Kier molecular flexibility index (Phi) is 5.20. The molecule has 2 N–H and O–H groups in total. The number of anilines is 1. The first-order chi connectivity index (χ1) is 15.0. The van der Waals surface area contributed by atoms with Crippen LogP contribution in [-0.4, -0.2) is 22.2 Å². The number of fused-ring (bicyclic) bond motifs is 2. The van der Waals surface area contributed by atoms with Gasteiger partial charge in [0.25, 0.3) is 0 Å². The quantitative estimate of drug-likeness (QED) is 0.265. The molecule has 5 rings (SSSR count). The van der Waals surface area contributed by atoms with Crippen LogP contribution in [0.5, 0.6) is 0 Å². The summed E-state index contributed by atoms with van der Waals surface area (Å²) in [6.07, 6.45) is 4.23. The van der Waals surface area contributed by atoms with Crippen molar-refractivity contribution in [3.63, 3.8) is 0 Å². The van der Waals surface area contributed by atoms with E-state index < -0.39 is 5.82 Å². The largest absolute Gasteiger partial charge is 0.398 e. The lowest BCUT2D eigenvalue weighted by Crippen LogP contribution is -2.18. The van der Waals surface area contributed by atoms with E-state index in [-0.39, 0.29) is 17.5 Å². The highest BCUT2D eigenvalue weighted by Gasteiger charge is 2.24. The smallest absolute Gasteiger partial charge is 0.195 e. The standard InChI is InChI=1S/C23H18BrClFN3O2/c24-16-10-14(21(27)13-4-3-5-17(25)20(13)16)23(30)12-7-8-18(26)22-15(12)11-29(28-22)19-6-1-2-9-31-19/h3-5,7-8,10-11,19H,1-2,6,9,27H2. The Morgan fingerprint density at radius 2 is 2.06 bits per heavy atom. The Hall–Kier alpha value is -2.48. The second kappa shape index (κ2) is 7.89. The summed E-state index contributed by atoms with van der Waals surface area (Å²) in [6, 6.07) is 9.76. The van der Waals surface area contributed by atoms with Gasteiger partial charge in [0.15, 0.2) is 11.6 Å². The van der Waals surface area contributed by atoms with E-state index >= 15 is 0 Å². The highest BCUT2D eigenvalue weighted by Crippen LogP contribution is 2.38. The summed E-state index contributed by atoms with van der Waals surface area (Å²) >= 11 is 9.83. The minimum atomic E-state index is -0.486. The molecule has 1 aromatic heterocycles. The van der Waals surface area contributed by atoms with Gasteiger partial charge in [-0.05, 0) is 43.5 Å². The maximum absolute atomic E-state index is 14.5. The van der Waals surface area contributed by atoms with Gasteiger partial charge in [-0.3, -0.25) is 4.79 Å². The molecule has 5 nitrogen and oxygen atoms in total. The summed E-state index contributed by atoms with van der Waals surface area (Å²) in [5, 5.41) is 6.76. The number of benzene rings is 3. The fourth-order valence-electron chi connectivity index (χ4n) is 4.11. The number of nitrogen functional groups attached to an aromatic ring is 1. The first-order valence-corrected chi connectivity index (χ1v) is 11.1. The number of rotatable bonds is 3. The third kappa shape index (κ3) is 3.41. The van der Waals surface area contributed by atoms with Crippen molar-refractivity contribution in [1.82, 2.24) is 9.78 Å². The van der Waals surface area contributed by atoms with Crippen LogP contribution in [0.25, 0.3) is 21.7 Å². The summed E-state index contributed by atoms with van der Waals surface area (Å²) in [5.74, 6) is -0.797. The lowest BCUT2D eigenvalue weighted by molar-refractivity contribution is -0.0391. The molecule has 8 heteroatoms. The maximum Gasteiger partial charge on any atom is 0.195 e. The fourth-order valence-corrected chi connectivity index (χ4v) is 5.16. The van der Waals surface area contributed by atoms with Gasteiger partial charge in [-0.25, -0.2) is 9.07 Å². The number of nitrogens with zero attached hydrogens (tertiary/aromatic N) is 2. The second-order valence-electron chi connectivity index (χ2n) is 7.60. The van der Waals surface area contributed by atoms with Gasteiger partial charge in [0, 0.05) is 49.6 Å². The van der Waals surface area contributed by atoms with Crippen LogP contribution >= 0.6 is 27.5 Å². The number of nitrogens with two attached hydrogens (primary N) is 1. The van der Waals surface area contributed by atoms with E-state index in [0.717, 1.165) is 24.6 Å². The zero-order valence-electron chi connectivity index (χ0n) is 16.4. The van der Waals surface area contributed by atoms with Crippen LogP contribution in [-0.2, 0) is 4.74 Å². The molecule has 1 aliphatic heterocycles. The number of hydrogen-bond donors (Lipinski definition) is 1. The molecule has 0 bridgehead atoms. The van der Waals surface area contributed by atoms with Crippen LogP contribution in [0, 0.1) is 5.82 Å². The summed E-state index contributed by atoms with van der Waals surface area (Å²) in [5.41, 5.74) is 7.49. The first-order valence-electron chi connectivity index (χ1n) is 9.95. The van der Waals surface area contributed by atoms with Crippen molar-refractivity contribution in [2.45, 2.75) is 25.5 Å². The summed E-state index contributed by atoms with van der Waals surface area (Å²) in [6.45, 7) is 0.638. The summed E-state index contributed by atoms with van der Waals surface area (Å²) in [4.78, 5) is 13.5. The topological polar surface area (TPSA) is 70.1 Å². The highest BCUT2D eigenvalue weighted by molar-refractivity contribution is 9.10. The predicted octanol–water partition coefficient (Wildman–Crippen LogP) is 6.26. The third-order valence-electron chi connectivity index (χ3n) is 5.69. The van der Waals surface area contributed by atoms with E-state index in [1.54, 1.807) is 29.1 Å². The van der Waals surface area contributed by atoms with E-state index in [9.17, 15) is 9.18 Å². The Balaban J connectivity index is 1.66. The van der Waals surface area contributed by atoms with Crippen molar-refractivity contribution in [3.8, 4) is 0 Å². The minimum absolute atomic E-state index is 0.140. The normalized spacial score (nSPS) is 16.8. The molecule has 0 aliphatic carbocycles. The molecule has 3 aromatic carbocycles. The molecular formula is C23H18BrClFN3O2. The van der Waals surface area contributed by atoms with Gasteiger partial charge in [0.2, 0.25) is 0 Å². The summed E-state index contributed by atoms with van der Waals surface area (Å²) in [7, 11) is 0. The SMILES string of the molecule is Nc1c(C(=O)c2ccc(F)c3nn(C4CCCCO4)cc23)cc(Br)c2c(Cl)cccc12. The monoisotopic (exact) mass is 501 g/mol. The average molecular weight is 503 g/mol. The van der Waals surface area contributed by atoms with Crippen LogP contribution in [0.15, 0.2) is 47.1 Å². The number of carbonyl (C=O) groups excluding carboxylic acids is 1. The molecule has 1 atom stereocenters. The highest BCUT2D eigenvalue weighted by atomic mass is 79.9. The van der Waals surface area contributed by atoms with E-state index in [4.69, 9.17) is 22.1 Å². The van der Waals surface area contributed by atoms with Crippen molar-refractivity contribution in [2.24, 2.45) is 0 Å². The molecule has 2 heterocycles. The second-order valence-corrected chi connectivity index (χ2v) is 8.86. The third-order valence-corrected chi connectivity index (χ3v) is 6.63. The predicted molar refractivity (Wildman–Crippen MR) is 123 cm³/mol. The first kappa shape index (κ1) is 20.4. The van der Waals surface area contributed by atoms with Crippen molar-refractivity contribution in [3.05, 3.63) is 69.0 Å². The fraction of sp³-hybridized carbons (Fsp3) is 0.217. The zero-order chi connectivity index (χ0) is 21.7. The number of ketones is 1. The maximum atomic E-state index is 14.5. The van der Waals surface area contributed by atoms with E-state index in [2.05, 4.69) is 21.0 Å². The number of hydrogen-bond acceptors (Lipinski definition) is 4. The van der Waals surface area contributed by atoms with Gasteiger partial charge in [0.1, 0.15) is 11.7 Å². The molecule has 1 saturated heterocycles. The van der Waals surface area contributed by atoms with E-state index in [1.807, 2.05) is 6.07 Å². The molecule has 1 aliphatic rings. The van der Waals surface area contributed by atoms with Crippen LogP contribution in [0.4, 0.5) is 10.1 Å². The molecule has 1 fully saturated rings. The molecule has 1 unspecified atom stereocenters. The van der Waals surface area contributed by atoms with Crippen LogP contribution < -0.4 is 5.73 Å². The number of carbonyl (C=O) groups is 1. The molecule has 0 saturated carbocycles. The van der Waals surface area contributed by atoms with Crippen LogP contribution in [0.2, 0.25) is 5.02 Å². The lowest BCUT2D eigenvalue weighted by atomic mass is 9.96. The Morgan fingerprint density at radius 3 is 2.84 bits per heavy atom. The Labute approximate surface area is 191 Å². The number of halogens is 3. The Morgan fingerprint density at radius 1 is 1.23 bits per heavy atom. The van der Waals surface area contributed by atoms with Crippen molar-refractivity contribution >= 4 is 60.7 Å². The minimum Gasteiger partial charge on any atom is -0.398 e. The molecule has 4 aromatic rings. The zero-order valence-corrected chi connectivity index (χ0v) is 18.7. The molecule has 158 valence electrons. The summed E-state index contributed by atoms with van der Waals surface area (Å²) < 4.78 is 22.6. The molecule has 0 spiro atoms. The average Bonchev–Trinajstić information content (AvgIpc) is 3.23. The van der Waals surface area contributed by atoms with Gasteiger partial charge in [-0.15, -0.1) is 0 Å². The van der Waals surface area contributed by atoms with Gasteiger partial charge >= 0.3 is 0 Å². The molecule has 0 amide bonds. The van der Waals surface area contributed by atoms with Gasteiger partial charge in [0.05, 0.1) is 5.69 Å². The van der Waals surface area contributed by atoms with Crippen LogP contribution in [0.3, 0.4) is 0 Å². The molecule has 0 radical (unpaired) electrons. The van der Waals surface area contributed by atoms with Crippen molar-refractivity contribution < 1.29 is 13.9 Å². The molecule has 31 heavy (non-hydrogen) atoms. The lowest BCUT2D eigenvalue weighted by Gasteiger charge is -2.22. The van der Waals surface area contributed by atoms with Crippen LogP contribution in [0.1, 0.15) is 41.4 Å². The van der Waals surface area contributed by atoms with Gasteiger partial charge in [-0.1, -0.05) is 39.7 Å². The van der Waals surface area contributed by atoms with Gasteiger partial charge < -0.3 is 10.5 Å². The van der Waals surface area contributed by atoms with E-state index in [0.29, 0.717) is 43.7 Å². The Bertz CT molecular complexity index is 1350. The van der Waals surface area contributed by atoms with E-state index in [1.165, 1.54) is 12.1 Å². The number of aromatic nitrogens is 2. The molecular weight excluding hydrogens is 485 g/mol. The number of ether oxygens (including phenoxy) is 1.